The fourth-order valence-electron chi connectivity index (χ4n) is 4.39. The standard InChI is InChI=1S/C25H33N5O/c1-6-20-9-7-8-17(2)22(20)16-26-23-21(25(31)29-14-12-28(5)13-15-29)10-11-30-19(4)18(3)27-24(23)30/h7-11,26H,6,12-16H2,1-5H3. The van der Waals surface area contributed by atoms with Gasteiger partial charge in [0.15, 0.2) is 5.65 Å². The molecule has 0 saturated carbocycles. The quantitative estimate of drug-likeness (QED) is 0.683. The molecule has 3 aromatic rings. The highest BCUT2D eigenvalue weighted by Crippen LogP contribution is 2.27. The zero-order valence-corrected chi connectivity index (χ0v) is 19.3. The molecule has 0 bridgehead atoms. The number of hydrogen-bond donors (Lipinski definition) is 1. The molecule has 4 rings (SSSR count). The molecule has 31 heavy (non-hydrogen) atoms. The van der Waals surface area contributed by atoms with Crippen LogP contribution in [0.5, 0.6) is 0 Å². The van der Waals surface area contributed by atoms with Gasteiger partial charge in [0.05, 0.1) is 16.9 Å². The van der Waals surface area contributed by atoms with Crippen molar-refractivity contribution in [2.45, 2.75) is 40.7 Å². The molecule has 1 N–H and O–H groups in total. The number of carbonyl (C=O) groups excluding carboxylic acids is 1. The summed E-state index contributed by atoms with van der Waals surface area (Å²) in [6, 6.07) is 8.40. The molecule has 164 valence electrons. The molecule has 1 amide bonds. The van der Waals surface area contributed by atoms with Crippen molar-refractivity contribution in [3.63, 3.8) is 0 Å². The number of likely N-dealkylation sites (N-methyl/N-ethyl adjacent to an activating group) is 1. The van der Waals surface area contributed by atoms with Crippen LogP contribution in [0, 0.1) is 20.8 Å². The number of pyridine rings is 1. The van der Waals surface area contributed by atoms with E-state index >= 15 is 0 Å². The molecule has 1 aromatic carbocycles. The number of benzene rings is 1. The fraction of sp³-hybridized carbons (Fsp3) is 0.440. The third kappa shape index (κ3) is 4.04. The summed E-state index contributed by atoms with van der Waals surface area (Å²) in [4.78, 5) is 22.5. The molecule has 0 radical (unpaired) electrons. The first kappa shape index (κ1) is 21.4. The van der Waals surface area contributed by atoms with Crippen molar-refractivity contribution in [1.29, 1.82) is 0 Å². The van der Waals surface area contributed by atoms with Crippen molar-refractivity contribution in [2.24, 2.45) is 0 Å². The predicted molar refractivity (Wildman–Crippen MR) is 126 cm³/mol. The average molecular weight is 420 g/mol. The number of nitrogens with zero attached hydrogens (tertiary/aromatic N) is 4. The highest BCUT2D eigenvalue weighted by atomic mass is 16.2. The Balaban J connectivity index is 1.74. The first-order chi connectivity index (χ1) is 14.9. The molecule has 2 aromatic heterocycles. The van der Waals surface area contributed by atoms with Gasteiger partial charge in [-0.05, 0) is 57.0 Å². The van der Waals surface area contributed by atoms with Crippen molar-refractivity contribution < 1.29 is 4.79 Å². The SMILES string of the molecule is CCc1cccc(C)c1CNc1c(C(=O)N2CCN(C)CC2)ccn2c(C)c(C)nc12. The maximum atomic E-state index is 13.5. The summed E-state index contributed by atoms with van der Waals surface area (Å²) < 4.78 is 2.08. The van der Waals surface area contributed by atoms with Crippen molar-refractivity contribution in [1.82, 2.24) is 19.2 Å². The Bertz CT molecular complexity index is 1110. The molecule has 0 unspecified atom stereocenters. The van der Waals surface area contributed by atoms with Gasteiger partial charge >= 0.3 is 0 Å². The lowest BCUT2D eigenvalue weighted by Crippen LogP contribution is -2.47. The minimum absolute atomic E-state index is 0.0805. The van der Waals surface area contributed by atoms with E-state index in [-0.39, 0.29) is 5.91 Å². The topological polar surface area (TPSA) is 52.9 Å². The van der Waals surface area contributed by atoms with E-state index in [1.807, 2.05) is 24.1 Å². The van der Waals surface area contributed by atoms with Crippen LogP contribution in [-0.2, 0) is 13.0 Å². The van der Waals surface area contributed by atoms with Gasteiger partial charge in [0.25, 0.3) is 5.91 Å². The maximum Gasteiger partial charge on any atom is 0.256 e. The van der Waals surface area contributed by atoms with E-state index in [9.17, 15) is 4.79 Å². The zero-order valence-electron chi connectivity index (χ0n) is 19.3. The van der Waals surface area contributed by atoms with Crippen LogP contribution in [0.15, 0.2) is 30.5 Å². The Labute approximate surface area is 184 Å². The van der Waals surface area contributed by atoms with Crippen molar-refractivity contribution in [3.8, 4) is 0 Å². The Morgan fingerprint density at radius 1 is 1.10 bits per heavy atom. The molecule has 6 nitrogen and oxygen atoms in total. The maximum absolute atomic E-state index is 13.5. The highest BCUT2D eigenvalue weighted by Gasteiger charge is 2.25. The summed E-state index contributed by atoms with van der Waals surface area (Å²) in [5, 5.41) is 3.62. The third-order valence-corrected chi connectivity index (χ3v) is 6.62. The first-order valence-corrected chi connectivity index (χ1v) is 11.2. The number of fused-ring (bicyclic) bond motifs is 1. The van der Waals surface area contributed by atoms with Gasteiger partial charge in [0.2, 0.25) is 0 Å². The molecule has 0 spiro atoms. The Morgan fingerprint density at radius 3 is 2.55 bits per heavy atom. The van der Waals surface area contributed by atoms with E-state index < -0.39 is 0 Å². The summed E-state index contributed by atoms with van der Waals surface area (Å²) in [6.45, 7) is 12.4. The summed E-state index contributed by atoms with van der Waals surface area (Å²) in [7, 11) is 2.10. The van der Waals surface area contributed by atoms with E-state index in [0.29, 0.717) is 12.1 Å². The average Bonchev–Trinajstić information content (AvgIpc) is 3.06. The third-order valence-electron chi connectivity index (χ3n) is 6.62. The zero-order chi connectivity index (χ0) is 22.1. The molecule has 6 heteroatoms. The summed E-state index contributed by atoms with van der Waals surface area (Å²) in [5.41, 5.74) is 8.33. The van der Waals surface area contributed by atoms with Crippen LogP contribution >= 0.6 is 0 Å². The van der Waals surface area contributed by atoms with Gasteiger partial charge in [0.1, 0.15) is 0 Å². The van der Waals surface area contributed by atoms with Crippen LogP contribution in [0.4, 0.5) is 5.69 Å². The Morgan fingerprint density at radius 2 is 1.84 bits per heavy atom. The van der Waals surface area contributed by atoms with Crippen molar-refractivity contribution in [2.75, 3.05) is 38.5 Å². The number of anilines is 1. The van der Waals surface area contributed by atoms with Gasteiger partial charge in [-0.15, -0.1) is 0 Å². The van der Waals surface area contributed by atoms with E-state index in [1.165, 1.54) is 16.7 Å². The van der Waals surface area contributed by atoms with E-state index in [4.69, 9.17) is 4.98 Å². The molecular formula is C25H33N5O. The van der Waals surface area contributed by atoms with Gasteiger partial charge in [-0.25, -0.2) is 4.98 Å². The number of nitrogens with one attached hydrogen (secondary N) is 1. The molecule has 1 aliphatic heterocycles. The molecule has 1 saturated heterocycles. The minimum atomic E-state index is 0.0805. The number of aryl methyl sites for hydroxylation is 4. The molecule has 0 aliphatic carbocycles. The number of imidazole rings is 1. The van der Waals surface area contributed by atoms with Crippen LogP contribution in [0.25, 0.3) is 5.65 Å². The largest absolute Gasteiger partial charge is 0.377 e. The monoisotopic (exact) mass is 419 g/mol. The van der Waals surface area contributed by atoms with Crippen LogP contribution in [0.3, 0.4) is 0 Å². The summed E-state index contributed by atoms with van der Waals surface area (Å²) in [6.07, 6.45) is 2.96. The normalized spacial score (nSPS) is 14.9. The second-order valence-electron chi connectivity index (χ2n) is 8.60. The Kier molecular flexibility index (Phi) is 6.01. The second kappa shape index (κ2) is 8.71. The number of hydrogen-bond acceptors (Lipinski definition) is 4. The van der Waals surface area contributed by atoms with Crippen LogP contribution < -0.4 is 5.32 Å². The van der Waals surface area contributed by atoms with E-state index in [0.717, 1.165) is 55.3 Å². The van der Waals surface area contributed by atoms with Crippen LogP contribution in [0.2, 0.25) is 0 Å². The lowest BCUT2D eigenvalue weighted by molar-refractivity contribution is 0.0665. The Hall–Kier alpha value is -2.86. The summed E-state index contributed by atoms with van der Waals surface area (Å²) >= 11 is 0. The van der Waals surface area contributed by atoms with E-state index in [2.05, 4.69) is 60.6 Å². The van der Waals surface area contributed by atoms with Gasteiger partial charge in [0, 0.05) is 44.6 Å². The smallest absolute Gasteiger partial charge is 0.256 e. The molecule has 1 fully saturated rings. The van der Waals surface area contributed by atoms with Gasteiger partial charge < -0.3 is 19.5 Å². The van der Waals surface area contributed by atoms with Crippen LogP contribution in [-0.4, -0.2) is 58.3 Å². The molecule has 1 aliphatic rings. The number of carbonyl (C=O) groups is 1. The van der Waals surface area contributed by atoms with Gasteiger partial charge in [-0.3, -0.25) is 4.79 Å². The number of amides is 1. The minimum Gasteiger partial charge on any atom is -0.377 e. The number of piperazine rings is 1. The molecular weight excluding hydrogens is 386 g/mol. The molecule has 0 atom stereocenters. The molecule has 3 heterocycles. The fourth-order valence-corrected chi connectivity index (χ4v) is 4.39. The number of rotatable bonds is 5. The lowest BCUT2D eigenvalue weighted by atomic mass is 10.00. The van der Waals surface area contributed by atoms with Crippen molar-refractivity contribution >= 4 is 17.2 Å². The predicted octanol–water partition coefficient (Wildman–Crippen LogP) is 3.82. The van der Waals surface area contributed by atoms with Gasteiger partial charge in [-0.1, -0.05) is 25.1 Å². The first-order valence-electron chi connectivity index (χ1n) is 11.2. The van der Waals surface area contributed by atoms with Crippen molar-refractivity contribution in [3.05, 3.63) is 64.1 Å². The number of aromatic nitrogens is 2. The van der Waals surface area contributed by atoms with E-state index in [1.54, 1.807) is 0 Å². The summed E-state index contributed by atoms with van der Waals surface area (Å²) in [5.74, 6) is 0.0805. The second-order valence-corrected chi connectivity index (χ2v) is 8.60. The lowest BCUT2D eigenvalue weighted by Gasteiger charge is -2.33. The van der Waals surface area contributed by atoms with Gasteiger partial charge in [-0.2, -0.15) is 0 Å². The van der Waals surface area contributed by atoms with Crippen LogP contribution in [0.1, 0.15) is 45.4 Å². The highest BCUT2D eigenvalue weighted by molar-refractivity contribution is 6.02.